The van der Waals surface area contributed by atoms with Crippen molar-refractivity contribution >= 4 is 17.0 Å². The van der Waals surface area contributed by atoms with Crippen LogP contribution in [0.25, 0.3) is 11.2 Å². The fraction of sp³-hybridized carbons (Fsp3) is 0.400. The summed E-state index contributed by atoms with van der Waals surface area (Å²) >= 11 is 0. The van der Waals surface area contributed by atoms with E-state index in [0.29, 0.717) is 23.5 Å². The van der Waals surface area contributed by atoms with Crippen LogP contribution in [0.1, 0.15) is 18.9 Å². The lowest BCUT2D eigenvalue weighted by atomic mass is 10.1. The molecule has 4 atom stereocenters. The SMILES string of the molecule is C[C@H]1O[C@@H](n2cnc3c(NCc4ccco4)ncnc32)[C@H](O)C1O. The highest BCUT2D eigenvalue weighted by atomic mass is 16.6. The predicted molar refractivity (Wildman–Crippen MR) is 83.0 cm³/mol. The molecule has 126 valence electrons. The van der Waals surface area contributed by atoms with Crippen molar-refractivity contribution < 1.29 is 19.4 Å². The molecule has 4 rings (SSSR count). The van der Waals surface area contributed by atoms with Crippen LogP contribution in [0.5, 0.6) is 0 Å². The number of aliphatic hydroxyl groups excluding tert-OH is 2. The van der Waals surface area contributed by atoms with Gasteiger partial charge in [0, 0.05) is 0 Å². The summed E-state index contributed by atoms with van der Waals surface area (Å²) in [4.78, 5) is 12.8. The Morgan fingerprint density at radius 2 is 2.12 bits per heavy atom. The maximum atomic E-state index is 10.2. The molecule has 1 aliphatic heterocycles. The minimum atomic E-state index is -1.05. The van der Waals surface area contributed by atoms with Gasteiger partial charge in [0.15, 0.2) is 23.2 Å². The molecular formula is C15H17N5O4. The Labute approximate surface area is 136 Å². The molecule has 0 amide bonds. The molecule has 3 aromatic rings. The average Bonchev–Trinajstić information content (AvgIpc) is 3.30. The number of ether oxygens (including phenoxy) is 1. The van der Waals surface area contributed by atoms with Crippen molar-refractivity contribution in [3.63, 3.8) is 0 Å². The molecule has 1 aliphatic rings. The summed E-state index contributed by atoms with van der Waals surface area (Å²) in [6.45, 7) is 2.17. The number of hydrogen-bond donors (Lipinski definition) is 3. The van der Waals surface area contributed by atoms with E-state index < -0.39 is 24.5 Å². The molecule has 0 aromatic carbocycles. The second-order valence-electron chi connectivity index (χ2n) is 5.69. The maximum absolute atomic E-state index is 10.2. The summed E-state index contributed by atoms with van der Waals surface area (Å²) in [6, 6.07) is 3.67. The number of fused-ring (bicyclic) bond motifs is 1. The number of nitrogens with one attached hydrogen (secondary N) is 1. The first-order chi connectivity index (χ1) is 11.6. The Morgan fingerprint density at radius 3 is 2.83 bits per heavy atom. The smallest absolute Gasteiger partial charge is 0.167 e. The van der Waals surface area contributed by atoms with E-state index >= 15 is 0 Å². The average molecular weight is 331 g/mol. The molecule has 4 heterocycles. The molecule has 0 radical (unpaired) electrons. The van der Waals surface area contributed by atoms with Gasteiger partial charge >= 0.3 is 0 Å². The van der Waals surface area contributed by atoms with E-state index in [-0.39, 0.29) is 0 Å². The van der Waals surface area contributed by atoms with Gasteiger partial charge in [-0.3, -0.25) is 4.57 Å². The van der Waals surface area contributed by atoms with Crippen molar-refractivity contribution in [2.45, 2.75) is 38.0 Å². The Morgan fingerprint density at radius 1 is 1.25 bits per heavy atom. The van der Waals surface area contributed by atoms with Gasteiger partial charge in [0.1, 0.15) is 24.3 Å². The number of rotatable bonds is 4. The van der Waals surface area contributed by atoms with Gasteiger partial charge in [0.05, 0.1) is 25.2 Å². The number of anilines is 1. The fourth-order valence-corrected chi connectivity index (χ4v) is 2.81. The molecule has 0 saturated carbocycles. The summed E-state index contributed by atoms with van der Waals surface area (Å²) in [5.41, 5.74) is 1.06. The van der Waals surface area contributed by atoms with Crippen LogP contribution in [0.15, 0.2) is 35.5 Å². The predicted octanol–water partition coefficient (Wildman–Crippen LogP) is 0.670. The standard InChI is InChI=1S/C15H17N5O4/c1-8-11(21)12(22)15(24-8)20-7-19-10-13(17-6-18-14(10)20)16-5-9-3-2-4-23-9/h2-4,6-8,11-12,15,21-22H,5H2,1H3,(H,16,17,18)/t8-,11?,12-,15-/m1/s1. The molecule has 1 saturated heterocycles. The molecule has 0 aliphatic carbocycles. The van der Waals surface area contributed by atoms with Crippen LogP contribution < -0.4 is 5.32 Å². The Balaban J connectivity index is 1.64. The molecule has 9 nitrogen and oxygen atoms in total. The summed E-state index contributed by atoms with van der Waals surface area (Å²) in [5, 5.41) is 23.2. The highest BCUT2D eigenvalue weighted by molar-refractivity contribution is 5.82. The second kappa shape index (κ2) is 5.86. The third kappa shape index (κ3) is 2.42. The van der Waals surface area contributed by atoms with Gasteiger partial charge in [-0.2, -0.15) is 0 Å². The molecule has 0 spiro atoms. The third-order valence-electron chi connectivity index (χ3n) is 4.12. The Bertz CT molecular complexity index is 834. The van der Waals surface area contributed by atoms with E-state index in [0.717, 1.165) is 5.76 Å². The van der Waals surface area contributed by atoms with Crippen molar-refractivity contribution in [3.05, 3.63) is 36.8 Å². The van der Waals surface area contributed by atoms with Crippen molar-refractivity contribution in [3.8, 4) is 0 Å². The number of furan rings is 1. The van der Waals surface area contributed by atoms with Crippen molar-refractivity contribution in [2.24, 2.45) is 0 Å². The topological polar surface area (TPSA) is 118 Å². The van der Waals surface area contributed by atoms with Crippen LogP contribution in [-0.4, -0.2) is 48.0 Å². The van der Waals surface area contributed by atoms with Gasteiger partial charge in [0.2, 0.25) is 0 Å². The van der Waals surface area contributed by atoms with Crippen LogP contribution in [0.2, 0.25) is 0 Å². The van der Waals surface area contributed by atoms with Gasteiger partial charge in [-0.15, -0.1) is 0 Å². The van der Waals surface area contributed by atoms with Crippen LogP contribution in [0.4, 0.5) is 5.82 Å². The minimum absolute atomic E-state index is 0.463. The first kappa shape index (κ1) is 15.1. The molecular weight excluding hydrogens is 314 g/mol. The van der Waals surface area contributed by atoms with E-state index in [1.165, 1.54) is 12.7 Å². The van der Waals surface area contributed by atoms with E-state index in [2.05, 4.69) is 20.3 Å². The van der Waals surface area contributed by atoms with Crippen molar-refractivity contribution in [1.82, 2.24) is 19.5 Å². The van der Waals surface area contributed by atoms with Crippen LogP contribution in [0, 0.1) is 0 Å². The molecule has 1 unspecified atom stereocenters. The molecule has 0 bridgehead atoms. The van der Waals surface area contributed by atoms with E-state index in [1.807, 2.05) is 12.1 Å². The van der Waals surface area contributed by atoms with E-state index in [4.69, 9.17) is 9.15 Å². The second-order valence-corrected chi connectivity index (χ2v) is 5.69. The molecule has 3 N–H and O–H groups in total. The largest absolute Gasteiger partial charge is 0.467 e. The monoisotopic (exact) mass is 331 g/mol. The molecule has 1 fully saturated rings. The number of aromatic nitrogens is 4. The zero-order chi connectivity index (χ0) is 16.7. The number of imidazole rings is 1. The van der Waals surface area contributed by atoms with Gasteiger partial charge in [-0.1, -0.05) is 0 Å². The lowest BCUT2D eigenvalue weighted by Gasteiger charge is -2.16. The quantitative estimate of drug-likeness (QED) is 0.638. The first-order valence-corrected chi connectivity index (χ1v) is 7.60. The van der Waals surface area contributed by atoms with Crippen molar-refractivity contribution in [1.29, 1.82) is 0 Å². The maximum Gasteiger partial charge on any atom is 0.167 e. The summed E-state index contributed by atoms with van der Waals surface area (Å²) in [7, 11) is 0. The van der Waals surface area contributed by atoms with Crippen molar-refractivity contribution in [2.75, 3.05) is 5.32 Å². The van der Waals surface area contributed by atoms with E-state index in [9.17, 15) is 10.2 Å². The lowest BCUT2D eigenvalue weighted by molar-refractivity contribution is -0.0299. The highest BCUT2D eigenvalue weighted by Crippen LogP contribution is 2.31. The number of nitrogens with zero attached hydrogens (tertiary/aromatic N) is 4. The summed E-state index contributed by atoms with van der Waals surface area (Å²) < 4.78 is 12.5. The van der Waals surface area contributed by atoms with Crippen LogP contribution >= 0.6 is 0 Å². The van der Waals surface area contributed by atoms with Crippen LogP contribution in [-0.2, 0) is 11.3 Å². The highest BCUT2D eigenvalue weighted by Gasteiger charge is 2.42. The first-order valence-electron chi connectivity index (χ1n) is 7.60. The fourth-order valence-electron chi connectivity index (χ4n) is 2.81. The van der Waals surface area contributed by atoms with Gasteiger partial charge in [-0.05, 0) is 19.1 Å². The molecule has 24 heavy (non-hydrogen) atoms. The zero-order valence-electron chi connectivity index (χ0n) is 12.9. The van der Waals surface area contributed by atoms with Gasteiger partial charge in [-0.25, -0.2) is 15.0 Å². The zero-order valence-corrected chi connectivity index (χ0v) is 12.9. The summed E-state index contributed by atoms with van der Waals surface area (Å²) in [6.07, 6.45) is 1.32. The number of hydrogen-bond acceptors (Lipinski definition) is 8. The van der Waals surface area contributed by atoms with Crippen LogP contribution in [0.3, 0.4) is 0 Å². The molecule has 9 heteroatoms. The lowest BCUT2D eigenvalue weighted by Crippen LogP contribution is -2.30. The van der Waals surface area contributed by atoms with Gasteiger partial charge in [0.25, 0.3) is 0 Å². The Hall–Kier alpha value is -2.49. The normalized spacial score (nSPS) is 27.0. The third-order valence-corrected chi connectivity index (χ3v) is 4.12. The molecule has 3 aromatic heterocycles. The number of aliphatic hydroxyl groups is 2. The minimum Gasteiger partial charge on any atom is -0.467 e. The Kier molecular flexibility index (Phi) is 3.68. The summed E-state index contributed by atoms with van der Waals surface area (Å²) in [5.74, 6) is 1.32. The van der Waals surface area contributed by atoms with Gasteiger partial charge < -0.3 is 24.7 Å². The van der Waals surface area contributed by atoms with E-state index in [1.54, 1.807) is 17.8 Å².